The molecule has 0 radical (unpaired) electrons. The number of ether oxygens (including phenoxy) is 1. The Labute approximate surface area is 200 Å². The summed E-state index contributed by atoms with van der Waals surface area (Å²) >= 11 is 0. The molecule has 1 aliphatic carbocycles. The summed E-state index contributed by atoms with van der Waals surface area (Å²) in [4.78, 5) is 4.13. The number of nitrogens with one attached hydrogen (secondary N) is 1. The summed E-state index contributed by atoms with van der Waals surface area (Å²) in [6, 6.07) is 6.09. The maximum Gasteiger partial charge on any atom is 0.129 e. The highest BCUT2D eigenvalue weighted by Gasteiger charge is 2.08. The van der Waals surface area contributed by atoms with Gasteiger partial charge in [-0.25, -0.2) is 0 Å². The van der Waals surface area contributed by atoms with Gasteiger partial charge in [0.2, 0.25) is 0 Å². The Bertz CT molecular complexity index is 738. The van der Waals surface area contributed by atoms with E-state index in [9.17, 15) is 0 Å². The van der Waals surface area contributed by atoms with E-state index >= 15 is 0 Å². The molecule has 1 saturated carbocycles. The Hall–Kier alpha value is -2.36. The fourth-order valence-corrected chi connectivity index (χ4v) is 3.25. The van der Waals surface area contributed by atoms with Crippen molar-refractivity contribution in [3.63, 3.8) is 0 Å². The van der Waals surface area contributed by atoms with Crippen LogP contribution in [0.5, 0.6) is 0 Å². The number of benzene rings is 1. The Morgan fingerprint density at radius 3 is 2.16 bits per heavy atom. The highest BCUT2D eigenvalue weighted by atomic mass is 19.0. The smallest absolute Gasteiger partial charge is 0.129 e. The van der Waals surface area contributed by atoms with Crippen LogP contribution in [0.4, 0.5) is 10.4 Å². The first-order valence-corrected chi connectivity index (χ1v) is 11.9. The fraction of sp³-hybridized carbons (Fsp3) is 0.536. The van der Waals surface area contributed by atoms with E-state index in [4.69, 9.17) is 4.74 Å². The van der Waals surface area contributed by atoms with E-state index in [0.717, 1.165) is 40.1 Å². The maximum atomic E-state index is 5.83. The van der Waals surface area contributed by atoms with Gasteiger partial charge >= 0.3 is 0 Å². The monoisotopic (exact) mass is 450 g/mol. The van der Waals surface area contributed by atoms with Gasteiger partial charge in [0.05, 0.1) is 11.6 Å². The second kappa shape index (κ2) is 19.3. The van der Waals surface area contributed by atoms with E-state index in [1.165, 1.54) is 38.5 Å². The largest absolute Gasteiger partial charge is 0.462 e. The van der Waals surface area contributed by atoms with Crippen molar-refractivity contribution < 1.29 is 12.3 Å². The lowest BCUT2D eigenvalue weighted by Gasteiger charge is -2.14. The summed E-state index contributed by atoms with van der Waals surface area (Å²) in [7, 11) is 1.76. The standard InChI is InChI=1S/C18H24N2O.C8H16.C2H6.FH.2H2/c1-7-13(4)21-18(9-3)16-11-10-15(8-2)17(12-16)20-14(5)19-6;1-8-6-4-2-3-5-7-8;1-2;;;/h7-12H,2H2,1,3-6H3,(H,19,20);8H,2-7H2,1H3;1-2H3;3*1H/b13-7-,18-9-;;;;;. The molecular formula is C28H51FN2O. The van der Waals surface area contributed by atoms with Crippen LogP contribution in [0.25, 0.3) is 11.8 Å². The first-order chi connectivity index (χ1) is 14.9. The average molecular weight is 451 g/mol. The van der Waals surface area contributed by atoms with Crippen molar-refractivity contribution in [2.45, 2.75) is 87.0 Å². The van der Waals surface area contributed by atoms with Crippen molar-refractivity contribution in [3.05, 3.63) is 53.8 Å². The topological polar surface area (TPSA) is 33.6 Å². The molecule has 0 bridgehead atoms. The first kappa shape index (κ1) is 31.8. The van der Waals surface area contributed by atoms with Crippen molar-refractivity contribution in [2.75, 3.05) is 12.4 Å². The molecule has 1 aromatic rings. The Morgan fingerprint density at radius 2 is 1.69 bits per heavy atom. The van der Waals surface area contributed by atoms with Gasteiger partial charge in [-0.1, -0.05) is 84.1 Å². The number of aliphatic imine (C=N–C) groups is 1. The molecule has 32 heavy (non-hydrogen) atoms. The van der Waals surface area contributed by atoms with Crippen LogP contribution < -0.4 is 5.32 Å². The molecule has 4 heteroatoms. The molecular weight excluding hydrogens is 399 g/mol. The number of amidine groups is 1. The van der Waals surface area contributed by atoms with Crippen molar-refractivity contribution >= 4 is 23.4 Å². The summed E-state index contributed by atoms with van der Waals surface area (Å²) in [5.41, 5.74) is 3.00. The lowest BCUT2D eigenvalue weighted by atomic mass is 10.0. The van der Waals surface area contributed by atoms with Crippen molar-refractivity contribution in [2.24, 2.45) is 10.9 Å². The Morgan fingerprint density at radius 1 is 1.09 bits per heavy atom. The van der Waals surface area contributed by atoms with Gasteiger partial charge in [-0.05, 0) is 57.4 Å². The molecule has 186 valence electrons. The van der Waals surface area contributed by atoms with Crippen molar-refractivity contribution in [1.29, 1.82) is 0 Å². The number of hydrogen-bond acceptors (Lipinski definition) is 2. The molecule has 1 fully saturated rings. The van der Waals surface area contributed by atoms with E-state index in [0.29, 0.717) is 0 Å². The molecule has 0 spiro atoms. The number of rotatable bonds is 5. The average Bonchev–Trinajstić information content (AvgIpc) is 3.06. The van der Waals surface area contributed by atoms with Crippen LogP contribution in [0, 0.1) is 5.92 Å². The lowest BCUT2D eigenvalue weighted by Crippen LogP contribution is -2.08. The number of allylic oxidation sites excluding steroid dienone is 3. The van der Waals surface area contributed by atoms with E-state index in [1.54, 1.807) is 7.05 Å². The van der Waals surface area contributed by atoms with Gasteiger partial charge in [-0.15, -0.1) is 0 Å². The fourth-order valence-electron chi connectivity index (χ4n) is 3.25. The van der Waals surface area contributed by atoms with Crippen LogP contribution in [0.15, 0.2) is 47.7 Å². The number of hydrogen-bond donors (Lipinski definition) is 1. The highest BCUT2D eigenvalue weighted by Crippen LogP contribution is 2.26. The molecule has 1 N–H and O–H groups in total. The van der Waals surface area contributed by atoms with Gasteiger partial charge in [0.1, 0.15) is 5.76 Å². The predicted molar refractivity (Wildman–Crippen MR) is 148 cm³/mol. The number of halogens is 1. The molecule has 0 aliphatic heterocycles. The van der Waals surface area contributed by atoms with E-state index in [2.05, 4.69) is 23.8 Å². The molecule has 2 rings (SSSR count). The SMILES string of the molecule is C=Cc1ccc(/C(=C/C)O/C(C)=C\C)cc1NC(C)=NC.CC.CC1CCCCCC1.F.[HH].[HH]. The zero-order valence-electron chi connectivity index (χ0n) is 21.8. The van der Waals surface area contributed by atoms with Gasteiger partial charge in [0.25, 0.3) is 0 Å². The third kappa shape index (κ3) is 12.5. The molecule has 0 aromatic heterocycles. The van der Waals surface area contributed by atoms with Crippen LogP contribution in [-0.4, -0.2) is 12.9 Å². The minimum atomic E-state index is 0. The zero-order chi connectivity index (χ0) is 23.6. The number of anilines is 1. The molecule has 1 aromatic carbocycles. The van der Waals surface area contributed by atoms with Crippen LogP contribution in [-0.2, 0) is 4.74 Å². The molecule has 0 saturated heterocycles. The third-order valence-corrected chi connectivity index (χ3v) is 5.29. The quantitative estimate of drug-likeness (QED) is 0.209. The maximum absolute atomic E-state index is 5.83. The van der Waals surface area contributed by atoms with E-state index in [1.807, 2.05) is 78.0 Å². The Kier molecular flexibility index (Phi) is 19.2. The van der Waals surface area contributed by atoms with Crippen LogP contribution in [0.1, 0.15) is 101 Å². The molecule has 1 aliphatic rings. The Balaban J connectivity index is -0.000000293. The predicted octanol–water partition coefficient (Wildman–Crippen LogP) is 9.74. The summed E-state index contributed by atoms with van der Waals surface area (Å²) in [6.07, 6.45) is 14.6. The highest BCUT2D eigenvalue weighted by molar-refractivity contribution is 5.95. The summed E-state index contributed by atoms with van der Waals surface area (Å²) in [6.45, 7) is 18.0. The second-order valence-electron chi connectivity index (χ2n) is 7.69. The van der Waals surface area contributed by atoms with E-state index in [-0.39, 0.29) is 7.56 Å². The zero-order valence-corrected chi connectivity index (χ0v) is 21.8. The first-order valence-electron chi connectivity index (χ1n) is 11.9. The van der Waals surface area contributed by atoms with Gasteiger partial charge in [0, 0.05) is 21.2 Å². The molecule has 0 atom stereocenters. The van der Waals surface area contributed by atoms with Gasteiger partial charge in [0.15, 0.2) is 0 Å². The van der Waals surface area contributed by atoms with E-state index < -0.39 is 0 Å². The number of nitrogens with zero attached hydrogens (tertiary/aromatic N) is 1. The van der Waals surface area contributed by atoms with Crippen molar-refractivity contribution in [1.82, 2.24) is 0 Å². The molecule has 0 heterocycles. The van der Waals surface area contributed by atoms with Crippen LogP contribution >= 0.6 is 0 Å². The summed E-state index contributed by atoms with van der Waals surface area (Å²) in [5, 5.41) is 3.28. The minimum Gasteiger partial charge on any atom is -0.462 e. The van der Waals surface area contributed by atoms with Gasteiger partial charge in [-0.3, -0.25) is 9.70 Å². The van der Waals surface area contributed by atoms with Crippen LogP contribution in [0.3, 0.4) is 0 Å². The van der Waals surface area contributed by atoms with Gasteiger partial charge in [-0.2, -0.15) is 0 Å². The normalized spacial score (nSPS) is 15.1. The summed E-state index contributed by atoms with van der Waals surface area (Å²) < 4.78 is 5.83. The second-order valence-corrected chi connectivity index (χ2v) is 7.69. The third-order valence-electron chi connectivity index (χ3n) is 5.29. The van der Waals surface area contributed by atoms with Crippen molar-refractivity contribution in [3.8, 4) is 0 Å². The minimum absolute atomic E-state index is 0. The summed E-state index contributed by atoms with van der Waals surface area (Å²) in [5.74, 6) is 3.58. The lowest BCUT2D eigenvalue weighted by molar-refractivity contribution is 0.383. The van der Waals surface area contributed by atoms with Crippen LogP contribution in [0.2, 0.25) is 0 Å². The molecule has 0 unspecified atom stereocenters. The molecule has 3 nitrogen and oxygen atoms in total. The van der Waals surface area contributed by atoms with Gasteiger partial charge < -0.3 is 10.1 Å². The molecule has 0 amide bonds.